The summed E-state index contributed by atoms with van der Waals surface area (Å²) >= 11 is 1.16. The van der Waals surface area contributed by atoms with Crippen LogP contribution in [0.25, 0.3) is 0 Å². The second kappa shape index (κ2) is 8.56. The number of carboxylic acid groups (broad SMARTS) is 1. The van der Waals surface area contributed by atoms with Gasteiger partial charge in [-0.15, -0.1) is 11.8 Å². The van der Waals surface area contributed by atoms with Gasteiger partial charge in [-0.1, -0.05) is 5.16 Å². The van der Waals surface area contributed by atoms with Crippen molar-refractivity contribution in [3.8, 4) is 0 Å². The summed E-state index contributed by atoms with van der Waals surface area (Å²) in [6, 6.07) is 3.00. The fraction of sp³-hybridized carbons (Fsp3) is 0.375. The fourth-order valence-electron chi connectivity index (χ4n) is 2.10. The van der Waals surface area contributed by atoms with Crippen molar-refractivity contribution in [2.24, 2.45) is 0 Å². The van der Waals surface area contributed by atoms with E-state index in [0.29, 0.717) is 23.1 Å². The van der Waals surface area contributed by atoms with Gasteiger partial charge in [0.1, 0.15) is 22.8 Å². The van der Waals surface area contributed by atoms with Crippen LogP contribution in [0.4, 0.5) is 5.82 Å². The molecule has 0 bridgehead atoms. The van der Waals surface area contributed by atoms with Crippen molar-refractivity contribution < 1.29 is 28.4 Å². The number of furan rings is 1. The number of nitrogens with zero attached hydrogens (tertiary/aromatic N) is 2. The van der Waals surface area contributed by atoms with Crippen LogP contribution in [0, 0.1) is 13.8 Å². The van der Waals surface area contributed by atoms with Crippen LogP contribution >= 0.6 is 11.8 Å². The lowest BCUT2D eigenvalue weighted by molar-refractivity contribution is -0.127. The number of amides is 2. The number of aryl methyl sites for hydroxylation is 2. The van der Waals surface area contributed by atoms with Crippen molar-refractivity contribution in [2.45, 2.75) is 20.4 Å². The Labute approximate surface area is 153 Å². The zero-order chi connectivity index (χ0) is 19.3. The van der Waals surface area contributed by atoms with E-state index in [-0.39, 0.29) is 35.4 Å². The van der Waals surface area contributed by atoms with Crippen LogP contribution in [0.1, 0.15) is 27.6 Å². The third-order valence-corrected chi connectivity index (χ3v) is 4.29. The Hall–Kier alpha value is -2.75. The zero-order valence-electron chi connectivity index (χ0n) is 14.6. The van der Waals surface area contributed by atoms with Gasteiger partial charge in [-0.05, 0) is 19.9 Å². The summed E-state index contributed by atoms with van der Waals surface area (Å²) < 4.78 is 10.2. The predicted octanol–water partition coefficient (Wildman–Crippen LogP) is 1.91. The number of rotatable bonds is 8. The highest BCUT2D eigenvalue weighted by Gasteiger charge is 2.17. The van der Waals surface area contributed by atoms with E-state index in [1.165, 1.54) is 11.0 Å². The third-order valence-electron chi connectivity index (χ3n) is 3.37. The Morgan fingerprint density at radius 3 is 2.58 bits per heavy atom. The van der Waals surface area contributed by atoms with Crippen molar-refractivity contribution in [1.82, 2.24) is 10.1 Å². The van der Waals surface area contributed by atoms with Gasteiger partial charge < -0.3 is 24.3 Å². The maximum Gasteiger partial charge on any atom is 0.339 e. The van der Waals surface area contributed by atoms with Crippen molar-refractivity contribution in [3.63, 3.8) is 0 Å². The molecule has 2 amide bonds. The number of aromatic carboxylic acids is 1. The van der Waals surface area contributed by atoms with Crippen LogP contribution in [-0.2, 0) is 16.1 Å². The molecule has 2 N–H and O–H groups in total. The van der Waals surface area contributed by atoms with Gasteiger partial charge >= 0.3 is 5.97 Å². The van der Waals surface area contributed by atoms with Gasteiger partial charge in [0.15, 0.2) is 5.82 Å². The van der Waals surface area contributed by atoms with Gasteiger partial charge in [0.05, 0.1) is 18.1 Å². The van der Waals surface area contributed by atoms with Crippen molar-refractivity contribution in [1.29, 1.82) is 0 Å². The first-order valence-corrected chi connectivity index (χ1v) is 8.79. The summed E-state index contributed by atoms with van der Waals surface area (Å²) in [4.78, 5) is 36.3. The highest BCUT2D eigenvalue weighted by Crippen LogP contribution is 2.16. The Morgan fingerprint density at radius 1 is 1.27 bits per heavy atom. The molecule has 140 valence electrons. The van der Waals surface area contributed by atoms with Gasteiger partial charge in [0.25, 0.3) is 0 Å². The molecule has 0 unspecified atom stereocenters. The molecular weight excluding hydrogens is 362 g/mol. The van der Waals surface area contributed by atoms with E-state index in [1.54, 1.807) is 27.0 Å². The number of carbonyl (C=O) groups excluding carboxylic acids is 2. The summed E-state index contributed by atoms with van der Waals surface area (Å²) in [6.45, 7) is 3.42. The third kappa shape index (κ3) is 5.38. The molecule has 2 aromatic rings. The van der Waals surface area contributed by atoms with E-state index in [0.717, 1.165) is 11.8 Å². The largest absolute Gasteiger partial charge is 0.478 e. The number of carbonyl (C=O) groups is 3. The molecule has 0 saturated carbocycles. The predicted molar refractivity (Wildman–Crippen MR) is 94.1 cm³/mol. The average molecular weight is 381 g/mol. The van der Waals surface area contributed by atoms with Crippen LogP contribution in [-0.4, -0.2) is 51.5 Å². The zero-order valence-corrected chi connectivity index (χ0v) is 15.4. The minimum Gasteiger partial charge on any atom is -0.478 e. The molecule has 10 heteroatoms. The highest BCUT2D eigenvalue weighted by molar-refractivity contribution is 8.00. The number of hydrogen-bond donors (Lipinski definition) is 2. The molecule has 2 rings (SSSR count). The molecule has 0 aromatic carbocycles. The maximum absolute atomic E-state index is 12.1. The van der Waals surface area contributed by atoms with Gasteiger partial charge in [-0.3, -0.25) is 9.59 Å². The van der Waals surface area contributed by atoms with Crippen LogP contribution in [0.5, 0.6) is 0 Å². The first-order valence-electron chi connectivity index (χ1n) is 7.63. The molecule has 0 fully saturated rings. The fourth-order valence-corrected chi connectivity index (χ4v) is 2.86. The molecular formula is C16H19N3O6S. The molecule has 0 spiro atoms. The van der Waals surface area contributed by atoms with E-state index in [4.69, 9.17) is 14.0 Å². The molecule has 0 aliphatic rings. The quantitative estimate of drug-likeness (QED) is 0.710. The second-order valence-corrected chi connectivity index (χ2v) is 6.59. The lowest BCUT2D eigenvalue weighted by Gasteiger charge is -2.15. The summed E-state index contributed by atoms with van der Waals surface area (Å²) in [6.07, 6.45) is 0. The van der Waals surface area contributed by atoms with Crippen molar-refractivity contribution >= 4 is 35.4 Å². The monoisotopic (exact) mass is 381 g/mol. The Morgan fingerprint density at radius 2 is 2.00 bits per heavy atom. The SMILES string of the molecule is Cc1cc(NC(=O)CSCC(=O)N(C)Cc2cc(C(=O)O)c(C)o2)no1. The smallest absolute Gasteiger partial charge is 0.339 e. The molecule has 2 heterocycles. The first kappa shape index (κ1) is 19.6. The maximum atomic E-state index is 12.1. The number of anilines is 1. The Kier molecular flexibility index (Phi) is 6.45. The summed E-state index contributed by atoms with van der Waals surface area (Å²) in [5.41, 5.74) is 0.0787. The standard InChI is InChI=1S/C16H19N3O6S/c1-9-4-13(18-25-9)17-14(20)7-26-8-15(21)19(3)6-11-5-12(16(22)23)10(2)24-11/h4-5H,6-8H2,1-3H3,(H,22,23)(H,17,18,20). The van der Waals surface area contributed by atoms with E-state index >= 15 is 0 Å². The normalized spacial score (nSPS) is 10.6. The van der Waals surface area contributed by atoms with Gasteiger partial charge in [0, 0.05) is 13.1 Å². The van der Waals surface area contributed by atoms with Crippen LogP contribution in [0.15, 0.2) is 21.1 Å². The number of aromatic nitrogens is 1. The molecule has 9 nitrogen and oxygen atoms in total. The van der Waals surface area contributed by atoms with Gasteiger partial charge in [-0.25, -0.2) is 4.79 Å². The number of carboxylic acids is 1. The molecule has 2 aromatic heterocycles. The summed E-state index contributed by atoms with van der Waals surface area (Å²) in [5, 5.41) is 15.2. The van der Waals surface area contributed by atoms with Gasteiger partial charge in [0.2, 0.25) is 11.8 Å². The minimum atomic E-state index is -1.07. The highest BCUT2D eigenvalue weighted by atomic mass is 32.2. The Balaban J connectivity index is 1.75. The van der Waals surface area contributed by atoms with Crippen molar-refractivity contribution in [2.75, 3.05) is 23.9 Å². The molecule has 0 aliphatic carbocycles. The Bertz CT molecular complexity index is 813. The minimum absolute atomic E-state index is 0.0787. The van der Waals surface area contributed by atoms with Crippen molar-refractivity contribution in [3.05, 3.63) is 35.0 Å². The number of thioether (sulfide) groups is 1. The summed E-state index contributed by atoms with van der Waals surface area (Å²) in [5.74, 6) is 0.236. The first-order chi connectivity index (χ1) is 12.3. The lowest BCUT2D eigenvalue weighted by atomic mass is 10.2. The van der Waals surface area contributed by atoms with E-state index in [9.17, 15) is 14.4 Å². The van der Waals surface area contributed by atoms with E-state index in [1.807, 2.05) is 0 Å². The summed E-state index contributed by atoms with van der Waals surface area (Å²) in [7, 11) is 1.58. The topological polar surface area (TPSA) is 126 Å². The number of hydrogen-bond acceptors (Lipinski definition) is 7. The molecule has 0 saturated heterocycles. The van der Waals surface area contributed by atoms with Gasteiger partial charge in [-0.2, -0.15) is 0 Å². The second-order valence-electron chi connectivity index (χ2n) is 5.60. The van der Waals surface area contributed by atoms with Crippen LogP contribution in [0.3, 0.4) is 0 Å². The lowest BCUT2D eigenvalue weighted by Crippen LogP contribution is -2.28. The van der Waals surface area contributed by atoms with E-state index in [2.05, 4.69) is 10.5 Å². The van der Waals surface area contributed by atoms with Crippen LogP contribution in [0.2, 0.25) is 0 Å². The molecule has 26 heavy (non-hydrogen) atoms. The van der Waals surface area contributed by atoms with E-state index < -0.39 is 5.97 Å². The molecule has 0 atom stereocenters. The van der Waals surface area contributed by atoms with Crippen LogP contribution < -0.4 is 5.32 Å². The molecule has 0 radical (unpaired) electrons. The average Bonchev–Trinajstić information content (AvgIpc) is 3.12. The number of nitrogens with one attached hydrogen (secondary N) is 1. The molecule has 0 aliphatic heterocycles.